The second-order valence-electron chi connectivity index (χ2n) is 3.89. The van der Waals surface area contributed by atoms with E-state index in [1.165, 1.54) is 0 Å². The van der Waals surface area contributed by atoms with E-state index in [1.54, 1.807) is 0 Å². The summed E-state index contributed by atoms with van der Waals surface area (Å²) in [5.41, 5.74) is 0. The zero-order valence-electron chi connectivity index (χ0n) is 10.0. The van der Waals surface area contributed by atoms with E-state index in [0.29, 0.717) is 12.8 Å². The van der Waals surface area contributed by atoms with E-state index in [9.17, 15) is 14.7 Å². The number of nitrogens with zero attached hydrogens (tertiary/aromatic N) is 2. The molecule has 6 heteroatoms. The highest BCUT2D eigenvalue weighted by Crippen LogP contribution is 2.04. The Labute approximate surface area is 99.9 Å². The molecule has 1 aliphatic rings. The Bertz CT molecular complexity index is 400. The van der Waals surface area contributed by atoms with Crippen molar-refractivity contribution in [2.24, 2.45) is 7.05 Å². The number of carboxylic acids is 1. The second kappa shape index (κ2) is 6.03. The Balaban J connectivity index is 0.000000171. The fraction of sp³-hybridized carbons (Fsp3) is 0.545. The molecule has 1 saturated heterocycles. The SMILES string of the molecule is CCn1cc[n+](C)c1.O=C1CCC(C(=O)[O-])N1. The Morgan fingerprint density at radius 2 is 2.41 bits per heavy atom. The van der Waals surface area contributed by atoms with Crippen LogP contribution in [0.1, 0.15) is 19.8 Å². The van der Waals surface area contributed by atoms with Crippen LogP contribution in [0.15, 0.2) is 18.7 Å². The van der Waals surface area contributed by atoms with Crippen molar-refractivity contribution in [2.45, 2.75) is 32.4 Å². The maximum atomic E-state index is 10.4. The third kappa shape index (κ3) is 4.26. The van der Waals surface area contributed by atoms with Gasteiger partial charge in [-0.25, -0.2) is 9.13 Å². The van der Waals surface area contributed by atoms with Gasteiger partial charge in [0.15, 0.2) is 0 Å². The summed E-state index contributed by atoms with van der Waals surface area (Å²) in [5.74, 6) is -1.40. The van der Waals surface area contributed by atoms with E-state index in [0.717, 1.165) is 6.54 Å². The fourth-order valence-electron chi connectivity index (χ4n) is 1.48. The predicted octanol–water partition coefficient (Wildman–Crippen LogP) is -1.65. The maximum Gasteiger partial charge on any atom is 0.243 e. The van der Waals surface area contributed by atoms with Crippen molar-refractivity contribution in [1.82, 2.24) is 9.88 Å². The molecule has 17 heavy (non-hydrogen) atoms. The molecule has 1 N–H and O–H groups in total. The van der Waals surface area contributed by atoms with Crippen molar-refractivity contribution in [3.8, 4) is 0 Å². The second-order valence-corrected chi connectivity index (χ2v) is 3.89. The third-order valence-electron chi connectivity index (χ3n) is 2.47. The van der Waals surface area contributed by atoms with Crippen LogP contribution < -0.4 is 15.0 Å². The van der Waals surface area contributed by atoms with Gasteiger partial charge in [0.2, 0.25) is 12.2 Å². The van der Waals surface area contributed by atoms with Crippen LogP contribution in [0.2, 0.25) is 0 Å². The monoisotopic (exact) mass is 239 g/mol. The molecule has 1 amide bonds. The number of hydrogen-bond donors (Lipinski definition) is 1. The van der Waals surface area contributed by atoms with Gasteiger partial charge in [0, 0.05) is 6.42 Å². The van der Waals surface area contributed by atoms with Crippen molar-refractivity contribution in [3.05, 3.63) is 18.7 Å². The van der Waals surface area contributed by atoms with Crippen LogP contribution in [-0.4, -0.2) is 22.5 Å². The van der Waals surface area contributed by atoms with E-state index in [2.05, 4.69) is 29.3 Å². The molecule has 1 aromatic heterocycles. The molecule has 2 rings (SSSR count). The zero-order valence-corrected chi connectivity index (χ0v) is 10.0. The third-order valence-corrected chi connectivity index (χ3v) is 2.47. The molecule has 0 radical (unpaired) electrons. The molecule has 0 aliphatic carbocycles. The normalized spacial score (nSPS) is 18.2. The van der Waals surface area contributed by atoms with Crippen molar-refractivity contribution >= 4 is 11.9 Å². The van der Waals surface area contributed by atoms with Crippen LogP contribution in [0.5, 0.6) is 0 Å². The summed E-state index contributed by atoms with van der Waals surface area (Å²) in [6.45, 7) is 3.18. The van der Waals surface area contributed by atoms with Crippen LogP contribution in [0.4, 0.5) is 0 Å². The molecule has 1 atom stereocenters. The van der Waals surface area contributed by atoms with Gasteiger partial charge in [0.05, 0.1) is 25.6 Å². The van der Waals surface area contributed by atoms with Gasteiger partial charge in [-0.2, -0.15) is 0 Å². The number of rotatable bonds is 2. The Kier molecular flexibility index (Phi) is 4.68. The summed E-state index contributed by atoms with van der Waals surface area (Å²) >= 11 is 0. The van der Waals surface area contributed by atoms with Crippen molar-refractivity contribution in [1.29, 1.82) is 0 Å². The number of aliphatic carboxylic acids is 1. The molecule has 0 bridgehead atoms. The Hall–Kier alpha value is -1.85. The lowest BCUT2D eigenvalue weighted by Crippen LogP contribution is -2.42. The lowest BCUT2D eigenvalue weighted by atomic mass is 10.2. The molecule has 1 aromatic rings. The fourth-order valence-corrected chi connectivity index (χ4v) is 1.48. The minimum Gasteiger partial charge on any atom is -0.548 e. The molecular weight excluding hydrogens is 222 g/mol. The van der Waals surface area contributed by atoms with Crippen LogP contribution in [0.3, 0.4) is 0 Å². The van der Waals surface area contributed by atoms with E-state index in [-0.39, 0.29) is 5.91 Å². The van der Waals surface area contributed by atoms with Crippen molar-refractivity contribution in [2.75, 3.05) is 0 Å². The first kappa shape index (κ1) is 13.2. The summed E-state index contributed by atoms with van der Waals surface area (Å²) in [4.78, 5) is 20.4. The van der Waals surface area contributed by atoms with Gasteiger partial charge < -0.3 is 15.2 Å². The number of imidazole rings is 1. The summed E-state index contributed by atoms with van der Waals surface area (Å²) in [5, 5.41) is 12.3. The molecule has 1 fully saturated rings. The van der Waals surface area contributed by atoms with Crippen LogP contribution in [0.25, 0.3) is 0 Å². The van der Waals surface area contributed by atoms with E-state index >= 15 is 0 Å². The number of carbonyl (C=O) groups excluding carboxylic acids is 2. The molecular formula is C11H17N3O3. The zero-order chi connectivity index (χ0) is 12.8. The molecule has 0 saturated carbocycles. The van der Waals surface area contributed by atoms with Crippen molar-refractivity contribution < 1.29 is 19.3 Å². The first-order valence-corrected chi connectivity index (χ1v) is 5.54. The average Bonchev–Trinajstić information content (AvgIpc) is 2.88. The summed E-state index contributed by atoms with van der Waals surface area (Å²) < 4.78 is 4.16. The highest BCUT2D eigenvalue weighted by atomic mass is 16.4. The van der Waals surface area contributed by atoms with Gasteiger partial charge in [-0.3, -0.25) is 4.79 Å². The van der Waals surface area contributed by atoms with Crippen LogP contribution >= 0.6 is 0 Å². The van der Waals surface area contributed by atoms with E-state index in [4.69, 9.17) is 0 Å². The summed E-state index contributed by atoms with van der Waals surface area (Å²) in [6.07, 6.45) is 6.81. The molecule has 1 unspecified atom stereocenters. The maximum absolute atomic E-state index is 10.4. The van der Waals surface area contributed by atoms with Crippen LogP contribution in [0, 0.1) is 0 Å². The smallest absolute Gasteiger partial charge is 0.243 e. The van der Waals surface area contributed by atoms with Gasteiger partial charge >= 0.3 is 0 Å². The Morgan fingerprint density at radius 3 is 2.65 bits per heavy atom. The van der Waals surface area contributed by atoms with Gasteiger partial charge in [-0.15, -0.1) is 0 Å². The van der Waals surface area contributed by atoms with E-state index < -0.39 is 12.0 Å². The van der Waals surface area contributed by atoms with E-state index in [1.807, 2.05) is 17.8 Å². The highest BCUT2D eigenvalue weighted by molar-refractivity contribution is 5.86. The molecule has 0 spiro atoms. The van der Waals surface area contributed by atoms with Gasteiger partial charge in [-0.1, -0.05) is 0 Å². The largest absolute Gasteiger partial charge is 0.548 e. The molecule has 0 aromatic carbocycles. The first-order chi connectivity index (χ1) is 8.02. The lowest BCUT2D eigenvalue weighted by Gasteiger charge is -2.08. The number of nitrogens with one attached hydrogen (secondary N) is 1. The number of carboxylic acid groups (broad SMARTS) is 1. The number of aromatic nitrogens is 2. The quantitative estimate of drug-likeness (QED) is 0.628. The average molecular weight is 239 g/mol. The first-order valence-electron chi connectivity index (χ1n) is 5.54. The topological polar surface area (TPSA) is 78.0 Å². The molecule has 2 heterocycles. The number of amides is 1. The molecule has 1 aliphatic heterocycles. The summed E-state index contributed by atoms with van der Waals surface area (Å²) in [6, 6.07) is -0.752. The molecule has 94 valence electrons. The van der Waals surface area contributed by atoms with Crippen LogP contribution in [-0.2, 0) is 23.2 Å². The predicted molar refractivity (Wildman–Crippen MR) is 57.5 cm³/mol. The molecule has 6 nitrogen and oxygen atoms in total. The van der Waals surface area contributed by atoms with Gasteiger partial charge in [-0.05, 0) is 13.3 Å². The number of carbonyl (C=O) groups is 2. The Morgan fingerprint density at radius 1 is 1.71 bits per heavy atom. The standard InChI is InChI=1S/C6H11N2.C5H7NO3/c1-3-8-5-4-7(2)6-8;7-4-2-1-3(6-4)5(8)9/h4-6H,3H2,1-2H3;3H,1-2H2,(H,6,7)(H,8,9)/q+1;/p-1. The number of aryl methyl sites for hydroxylation is 2. The highest BCUT2D eigenvalue weighted by Gasteiger charge is 2.20. The van der Waals surface area contributed by atoms with Crippen molar-refractivity contribution in [3.63, 3.8) is 0 Å². The minimum atomic E-state index is -1.19. The number of hydrogen-bond acceptors (Lipinski definition) is 3. The van der Waals surface area contributed by atoms with Gasteiger partial charge in [0.1, 0.15) is 12.4 Å². The minimum absolute atomic E-state index is 0.204. The lowest BCUT2D eigenvalue weighted by molar-refractivity contribution is -0.671. The summed E-state index contributed by atoms with van der Waals surface area (Å²) in [7, 11) is 2.02. The van der Waals surface area contributed by atoms with Gasteiger partial charge in [0.25, 0.3) is 0 Å².